The zero-order valence-electron chi connectivity index (χ0n) is 2.53. The van der Waals surface area contributed by atoms with Crippen molar-refractivity contribution in [1.29, 1.82) is 5.41 Å². The lowest BCUT2D eigenvalue weighted by Crippen LogP contribution is -3.00. The van der Waals surface area contributed by atoms with Crippen LogP contribution in [0.15, 0.2) is 0 Å². The lowest BCUT2D eigenvalue weighted by molar-refractivity contribution is -0.00000147. The molecule has 0 atom stereocenters. The molecule has 0 saturated heterocycles. The Morgan fingerprint density at radius 2 is 1.40 bits per heavy atom. The highest BCUT2D eigenvalue weighted by Crippen LogP contribution is 1.13. The van der Waals surface area contributed by atoms with E-state index >= 15 is 0 Å². The topological polar surface area (TPSA) is 75.9 Å². The van der Waals surface area contributed by atoms with Crippen molar-refractivity contribution in [1.82, 2.24) is 0 Å². The second-order valence-corrected chi connectivity index (χ2v) is 0.455. The molecule has 0 rings (SSSR count). The molecule has 0 spiro atoms. The average molecular weight is 139 g/mol. The Morgan fingerprint density at radius 3 is 1.40 bits per heavy atom. The molecular formula is CH5BrN3-. The summed E-state index contributed by atoms with van der Waals surface area (Å²) in [5.41, 5.74) is 8.94. The van der Waals surface area contributed by atoms with Gasteiger partial charge in [0.25, 0.3) is 0 Å². The molecule has 0 radical (unpaired) electrons. The third-order valence-electron chi connectivity index (χ3n) is 0. The van der Waals surface area contributed by atoms with Gasteiger partial charge in [-0.15, -0.1) is 0 Å². The zero-order chi connectivity index (χ0) is 3.58. The zero-order valence-corrected chi connectivity index (χ0v) is 4.12. The molecule has 0 unspecified atom stereocenters. The van der Waals surface area contributed by atoms with Gasteiger partial charge in [0.05, 0.1) is 0 Å². The minimum Gasteiger partial charge on any atom is -1.00 e. The molecule has 0 saturated carbocycles. The largest absolute Gasteiger partial charge is 1.00 e. The van der Waals surface area contributed by atoms with E-state index in [4.69, 9.17) is 5.41 Å². The van der Waals surface area contributed by atoms with Gasteiger partial charge in [-0.3, -0.25) is 5.41 Å². The smallest absolute Gasteiger partial charge is 0.183 e. The molecule has 32 valence electrons. The van der Waals surface area contributed by atoms with Crippen LogP contribution in [0.5, 0.6) is 0 Å². The summed E-state index contributed by atoms with van der Waals surface area (Å²) in [5, 5.41) is 6.06. The molecule has 0 aromatic carbocycles. The predicted molar refractivity (Wildman–Crippen MR) is 16.1 cm³/mol. The van der Waals surface area contributed by atoms with Gasteiger partial charge in [-0.05, 0) is 0 Å². The van der Waals surface area contributed by atoms with E-state index in [1.54, 1.807) is 0 Å². The van der Waals surface area contributed by atoms with Crippen molar-refractivity contribution in [2.24, 2.45) is 11.5 Å². The Labute approximate surface area is 40.6 Å². The molecule has 4 heteroatoms. The van der Waals surface area contributed by atoms with Gasteiger partial charge in [-0.2, -0.15) is 0 Å². The van der Waals surface area contributed by atoms with Crippen LogP contribution >= 0.6 is 0 Å². The fraction of sp³-hybridized carbons (Fsp3) is 0. The Morgan fingerprint density at radius 1 is 1.40 bits per heavy atom. The molecule has 0 amide bonds. The first kappa shape index (κ1) is 8.83. The van der Waals surface area contributed by atoms with Crippen LogP contribution in [0.25, 0.3) is 0 Å². The van der Waals surface area contributed by atoms with Crippen LogP contribution in [-0.2, 0) is 0 Å². The van der Waals surface area contributed by atoms with Gasteiger partial charge in [-0.25, -0.2) is 0 Å². The molecule has 0 aliphatic rings. The van der Waals surface area contributed by atoms with Crippen LogP contribution in [-0.4, -0.2) is 5.96 Å². The minimum absolute atomic E-state index is 0. The summed E-state index contributed by atoms with van der Waals surface area (Å²) in [6.07, 6.45) is 0. The Hall–Kier alpha value is -0.250. The van der Waals surface area contributed by atoms with Crippen molar-refractivity contribution >= 4 is 5.96 Å². The van der Waals surface area contributed by atoms with Gasteiger partial charge >= 0.3 is 0 Å². The number of guanidine groups is 1. The average Bonchev–Trinajstić information content (AvgIpc) is 0.811. The molecule has 0 aromatic rings. The molecule has 0 aliphatic carbocycles. The second-order valence-electron chi connectivity index (χ2n) is 0.455. The maximum Gasteiger partial charge on any atom is 0.183 e. The third kappa shape index (κ3) is 184. The lowest BCUT2D eigenvalue weighted by atomic mass is 11.1. The number of nitrogens with two attached hydrogens (primary N) is 2. The van der Waals surface area contributed by atoms with E-state index in [9.17, 15) is 0 Å². The molecule has 0 fully saturated rings. The molecule has 0 aromatic heterocycles. The van der Waals surface area contributed by atoms with Gasteiger partial charge in [0, 0.05) is 0 Å². The van der Waals surface area contributed by atoms with E-state index in [0.29, 0.717) is 0 Å². The number of nitrogens with one attached hydrogen (secondary N) is 1. The van der Waals surface area contributed by atoms with E-state index in [-0.39, 0.29) is 22.9 Å². The minimum atomic E-state index is -0.333. The maximum absolute atomic E-state index is 6.06. The van der Waals surface area contributed by atoms with Gasteiger partial charge in [-0.1, -0.05) is 0 Å². The first-order valence-electron chi connectivity index (χ1n) is 0.827. The van der Waals surface area contributed by atoms with Crippen molar-refractivity contribution < 1.29 is 17.0 Å². The molecule has 0 bridgehead atoms. The van der Waals surface area contributed by atoms with Gasteiger partial charge in [0.2, 0.25) is 0 Å². The highest BCUT2D eigenvalue weighted by Gasteiger charge is 1.52. The summed E-state index contributed by atoms with van der Waals surface area (Å²) in [5.74, 6) is -0.333. The monoisotopic (exact) mass is 138 g/mol. The van der Waals surface area contributed by atoms with E-state index in [1.807, 2.05) is 0 Å². The summed E-state index contributed by atoms with van der Waals surface area (Å²) in [4.78, 5) is 0. The fourth-order valence-electron chi connectivity index (χ4n) is 0. The van der Waals surface area contributed by atoms with Crippen LogP contribution in [0.4, 0.5) is 0 Å². The van der Waals surface area contributed by atoms with Crippen molar-refractivity contribution in [3.63, 3.8) is 0 Å². The Balaban J connectivity index is 0. The quantitative estimate of drug-likeness (QED) is 0.235. The highest BCUT2D eigenvalue weighted by molar-refractivity contribution is 5.71. The van der Waals surface area contributed by atoms with E-state index in [2.05, 4.69) is 11.5 Å². The van der Waals surface area contributed by atoms with Crippen molar-refractivity contribution in [3.05, 3.63) is 0 Å². The first-order chi connectivity index (χ1) is 1.73. The summed E-state index contributed by atoms with van der Waals surface area (Å²) in [7, 11) is 0. The first-order valence-corrected chi connectivity index (χ1v) is 0.827. The SMILES string of the molecule is N=C(N)N.[Br-]. The van der Waals surface area contributed by atoms with Crippen molar-refractivity contribution in [2.75, 3.05) is 0 Å². The summed E-state index contributed by atoms with van der Waals surface area (Å²) in [6, 6.07) is 0. The summed E-state index contributed by atoms with van der Waals surface area (Å²) >= 11 is 0. The summed E-state index contributed by atoms with van der Waals surface area (Å²) < 4.78 is 0. The number of hydrogen-bond acceptors (Lipinski definition) is 1. The van der Waals surface area contributed by atoms with Crippen molar-refractivity contribution in [3.8, 4) is 0 Å². The fourth-order valence-corrected chi connectivity index (χ4v) is 0. The number of halogens is 1. The second kappa shape index (κ2) is 3.75. The van der Waals surface area contributed by atoms with E-state index < -0.39 is 0 Å². The normalized spacial score (nSPS) is 4.80. The summed E-state index contributed by atoms with van der Waals surface area (Å²) in [6.45, 7) is 0. The van der Waals surface area contributed by atoms with Crippen LogP contribution < -0.4 is 28.4 Å². The highest BCUT2D eigenvalue weighted by atomic mass is 79.9. The van der Waals surface area contributed by atoms with Crippen LogP contribution in [0.1, 0.15) is 0 Å². The molecule has 0 aliphatic heterocycles. The molecule has 3 nitrogen and oxygen atoms in total. The van der Waals surface area contributed by atoms with Crippen molar-refractivity contribution in [2.45, 2.75) is 0 Å². The van der Waals surface area contributed by atoms with Crippen LogP contribution in [0, 0.1) is 5.41 Å². The molecular weight excluding hydrogens is 134 g/mol. The lowest BCUT2D eigenvalue weighted by Gasteiger charge is -1.69. The number of hydrogen-bond donors (Lipinski definition) is 3. The Kier molecular flexibility index (Phi) is 6.62. The van der Waals surface area contributed by atoms with Gasteiger partial charge in [0.1, 0.15) is 0 Å². The van der Waals surface area contributed by atoms with E-state index in [1.165, 1.54) is 0 Å². The standard InChI is InChI=1S/CH5N3.BrH/c2-1(3)4;/h(H5,2,3,4);1H/p-1. The third-order valence-corrected chi connectivity index (χ3v) is 0. The van der Waals surface area contributed by atoms with Gasteiger partial charge in [0.15, 0.2) is 5.96 Å². The van der Waals surface area contributed by atoms with Gasteiger partial charge < -0.3 is 28.4 Å². The maximum atomic E-state index is 6.06. The number of rotatable bonds is 0. The predicted octanol–water partition coefficient (Wildman–Crippen LogP) is -4.16. The van der Waals surface area contributed by atoms with Crippen LogP contribution in [0.2, 0.25) is 0 Å². The molecule has 5 heavy (non-hydrogen) atoms. The van der Waals surface area contributed by atoms with E-state index in [0.717, 1.165) is 0 Å². The molecule has 5 N–H and O–H groups in total. The Bertz CT molecular complexity index is 29.9. The van der Waals surface area contributed by atoms with Crippen LogP contribution in [0.3, 0.4) is 0 Å². The molecule has 0 heterocycles.